The zero-order chi connectivity index (χ0) is 22.5. The van der Waals surface area contributed by atoms with Crippen molar-refractivity contribution >= 4 is 6.09 Å². The van der Waals surface area contributed by atoms with Crippen molar-refractivity contribution < 1.29 is 14.1 Å². The largest absolute Gasteiger partial charge is 0.444 e. The van der Waals surface area contributed by atoms with E-state index in [1.54, 1.807) is 0 Å². The SMILES string of the molecule is Cc1ccccc1-c1noc(C2CC2)c1CC1CC2(CCN(C(=O)OC(C)(C)C)CC2)C1. The summed E-state index contributed by atoms with van der Waals surface area (Å²) in [6, 6.07) is 8.50. The van der Waals surface area contributed by atoms with Gasteiger partial charge in [0.1, 0.15) is 17.1 Å². The van der Waals surface area contributed by atoms with Gasteiger partial charge in [0.2, 0.25) is 0 Å². The molecule has 2 saturated carbocycles. The number of carbonyl (C=O) groups excluding carboxylic acids is 1. The molecule has 2 aromatic rings. The Morgan fingerprint density at radius 3 is 2.50 bits per heavy atom. The van der Waals surface area contributed by atoms with Crippen LogP contribution in [0.4, 0.5) is 4.79 Å². The van der Waals surface area contributed by atoms with Gasteiger partial charge in [-0.2, -0.15) is 0 Å². The summed E-state index contributed by atoms with van der Waals surface area (Å²) in [7, 11) is 0. The van der Waals surface area contributed by atoms with Gasteiger partial charge in [0.15, 0.2) is 0 Å². The lowest BCUT2D eigenvalue weighted by Crippen LogP contribution is -2.50. The van der Waals surface area contributed by atoms with Gasteiger partial charge in [-0.15, -0.1) is 0 Å². The monoisotopic (exact) mass is 436 g/mol. The van der Waals surface area contributed by atoms with Crippen LogP contribution < -0.4 is 0 Å². The van der Waals surface area contributed by atoms with E-state index in [4.69, 9.17) is 9.26 Å². The standard InChI is InChI=1S/C27H36N2O3/c1-18-7-5-6-8-21(18)23-22(24(32-28-23)20-9-10-20)15-19-16-27(17-19)11-13-29(14-12-27)25(30)31-26(2,3)4/h5-8,19-20H,9-17H2,1-4H3. The normalized spacial score (nSPS) is 20.9. The van der Waals surface area contributed by atoms with Gasteiger partial charge in [-0.25, -0.2) is 4.79 Å². The molecule has 3 fully saturated rings. The second-order valence-electron chi connectivity index (χ2n) is 11.4. The van der Waals surface area contributed by atoms with Crippen LogP contribution in [0, 0.1) is 18.3 Å². The van der Waals surface area contributed by atoms with E-state index in [1.165, 1.54) is 42.4 Å². The van der Waals surface area contributed by atoms with Crippen LogP contribution in [-0.4, -0.2) is 34.8 Å². The maximum atomic E-state index is 12.4. The average Bonchev–Trinajstić information content (AvgIpc) is 3.47. The third kappa shape index (κ3) is 4.31. The molecule has 1 spiro atoms. The first-order valence-electron chi connectivity index (χ1n) is 12.3. The van der Waals surface area contributed by atoms with Crippen LogP contribution in [0.2, 0.25) is 0 Å². The first-order chi connectivity index (χ1) is 15.2. The molecule has 1 aromatic carbocycles. The summed E-state index contributed by atoms with van der Waals surface area (Å²) in [4.78, 5) is 14.3. The second-order valence-corrected chi connectivity index (χ2v) is 11.4. The van der Waals surface area contributed by atoms with Crippen molar-refractivity contribution in [3.8, 4) is 11.3 Å². The molecule has 0 bridgehead atoms. The summed E-state index contributed by atoms with van der Waals surface area (Å²) < 4.78 is 11.5. The Morgan fingerprint density at radius 2 is 1.88 bits per heavy atom. The molecule has 172 valence electrons. The summed E-state index contributed by atoms with van der Waals surface area (Å²) in [5.41, 5.74) is 4.85. The van der Waals surface area contributed by atoms with E-state index in [-0.39, 0.29) is 6.09 Å². The number of benzene rings is 1. The van der Waals surface area contributed by atoms with Gasteiger partial charge in [0.05, 0.1) is 0 Å². The fourth-order valence-electron chi connectivity index (χ4n) is 5.73. The molecule has 2 aliphatic carbocycles. The minimum absolute atomic E-state index is 0.162. The second kappa shape index (κ2) is 7.93. The lowest BCUT2D eigenvalue weighted by Gasteiger charge is -2.52. The molecule has 0 radical (unpaired) electrons. The number of hydrogen-bond acceptors (Lipinski definition) is 4. The predicted octanol–water partition coefficient (Wildman–Crippen LogP) is 6.50. The van der Waals surface area contributed by atoms with Crippen molar-refractivity contribution in [3.63, 3.8) is 0 Å². The molecule has 1 amide bonds. The molecule has 5 rings (SSSR count). The molecule has 32 heavy (non-hydrogen) atoms. The molecule has 1 saturated heterocycles. The molecular weight excluding hydrogens is 400 g/mol. The van der Waals surface area contributed by atoms with E-state index in [0.717, 1.165) is 43.8 Å². The number of nitrogens with zero attached hydrogens (tertiary/aromatic N) is 2. The molecule has 0 atom stereocenters. The zero-order valence-corrected chi connectivity index (χ0v) is 19.9. The Morgan fingerprint density at radius 1 is 1.19 bits per heavy atom. The van der Waals surface area contributed by atoms with Gasteiger partial charge in [-0.3, -0.25) is 0 Å². The van der Waals surface area contributed by atoms with Crippen molar-refractivity contribution in [2.75, 3.05) is 13.1 Å². The van der Waals surface area contributed by atoms with Crippen LogP contribution in [0.3, 0.4) is 0 Å². The summed E-state index contributed by atoms with van der Waals surface area (Å²) in [5.74, 6) is 2.40. The van der Waals surface area contributed by atoms with Crippen molar-refractivity contribution in [3.05, 3.63) is 41.2 Å². The number of ether oxygens (including phenoxy) is 1. The number of amides is 1. The van der Waals surface area contributed by atoms with Gasteiger partial charge >= 0.3 is 6.09 Å². The number of carbonyl (C=O) groups is 1. The molecule has 5 heteroatoms. The number of rotatable bonds is 4. The van der Waals surface area contributed by atoms with Crippen molar-refractivity contribution in [2.45, 2.75) is 84.2 Å². The first kappa shape index (κ1) is 21.5. The lowest BCUT2D eigenvalue weighted by molar-refractivity contribution is -0.0270. The highest BCUT2D eigenvalue weighted by Gasteiger charge is 2.47. The quantitative estimate of drug-likeness (QED) is 0.549. The van der Waals surface area contributed by atoms with E-state index < -0.39 is 5.60 Å². The van der Waals surface area contributed by atoms with Crippen molar-refractivity contribution in [1.29, 1.82) is 0 Å². The summed E-state index contributed by atoms with van der Waals surface area (Å²) in [6.45, 7) is 9.57. The highest BCUT2D eigenvalue weighted by molar-refractivity contribution is 5.68. The molecule has 3 aliphatic rings. The van der Waals surface area contributed by atoms with Crippen molar-refractivity contribution in [1.82, 2.24) is 10.1 Å². The van der Waals surface area contributed by atoms with Crippen LogP contribution in [0.25, 0.3) is 11.3 Å². The lowest BCUT2D eigenvalue weighted by atomic mass is 9.56. The van der Waals surface area contributed by atoms with Gasteiger partial charge in [0.25, 0.3) is 0 Å². The third-order valence-electron chi connectivity index (χ3n) is 7.58. The maximum Gasteiger partial charge on any atom is 0.410 e. The Kier molecular flexibility index (Phi) is 5.34. The van der Waals surface area contributed by atoms with E-state index in [1.807, 2.05) is 25.7 Å². The Labute approximate surface area is 191 Å². The third-order valence-corrected chi connectivity index (χ3v) is 7.58. The van der Waals surface area contributed by atoms with E-state index in [0.29, 0.717) is 17.3 Å². The predicted molar refractivity (Wildman–Crippen MR) is 125 cm³/mol. The first-order valence-corrected chi connectivity index (χ1v) is 12.3. The minimum atomic E-state index is -0.430. The van der Waals surface area contributed by atoms with E-state index >= 15 is 0 Å². The molecule has 5 nitrogen and oxygen atoms in total. The molecule has 2 heterocycles. The summed E-state index contributed by atoms with van der Waals surface area (Å²) in [5, 5.41) is 4.55. The Bertz CT molecular complexity index is 983. The number of aryl methyl sites for hydroxylation is 1. The maximum absolute atomic E-state index is 12.4. The van der Waals surface area contributed by atoms with Gasteiger partial charge in [0, 0.05) is 30.1 Å². The van der Waals surface area contributed by atoms with Crippen LogP contribution in [0.5, 0.6) is 0 Å². The van der Waals surface area contributed by atoms with E-state index in [2.05, 4.69) is 36.3 Å². The van der Waals surface area contributed by atoms with Crippen LogP contribution in [0.15, 0.2) is 28.8 Å². The minimum Gasteiger partial charge on any atom is -0.444 e. The number of hydrogen-bond donors (Lipinski definition) is 0. The average molecular weight is 437 g/mol. The fraction of sp³-hybridized carbons (Fsp3) is 0.630. The van der Waals surface area contributed by atoms with Gasteiger partial charge < -0.3 is 14.2 Å². The van der Waals surface area contributed by atoms with Crippen LogP contribution >= 0.6 is 0 Å². The summed E-state index contributed by atoms with van der Waals surface area (Å²) >= 11 is 0. The topological polar surface area (TPSA) is 55.6 Å². The van der Waals surface area contributed by atoms with Gasteiger partial charge in [-0.1, -0.05) is 29.4 Å². The fourth-order valence-corrected chi connectivity index (χ4v) is 5.73. The van der Waals surface area contributed by atoms with E-state index in [9.17, 15) is 4.79 Å². The molecule has 0 unspecified atom stereocenters. The Hall–Kier alpha value is -2.30. The molecule has 0 N–H and O–H groups in total. The summed E-state index contributed by atoms with van der Waals surface area (Å²) in [6.07, 6.45) is 8.03. The number of aromatic nitrogens is 1. The number of likely N-dealkylation sites (tertiary alicyclic amines) is 1. The highest BCUT2D eigenvalue weighted by Crippen LogP contribution is 2.55. The Balaban J connectivity index is 1.23. The van der Waals surface area contributed by atoms with Gasteiger partial charge in [-0.05, 0) is 89.5 Å². The highest BCUT2D eigenvalue weighted by atomic mass is 16.6. The molecule has 1 aliphatic heterocycles. The van der Waals surface area contributed by atoms with Crippen molar-refractivity contribution in [2.24, 2.45) is 11.3 Å². The zero-order valence-electron chi connectivity index (χ0n) is 19.9. The molecule has 1 aromatic heterocycles. The number of piperidine rings is 1. The van der Waals surface area contributed by atoms with Crippen LogP contribution in [-0.2, 0) is 11.2 Å². The molecular formula is C27H36N2O3. The van der Waals surface area contributed by atoms with Crippen LogP contribution in [0.1, 0.15) is 82.1 Å². The smallest absolute Gasteiger partial charge is 0.410 e.